The number of carbonyl (C=O) groups is 2. The number of unbranched alkanes of at least 4 members (excludes halogenated alkanes) is 1. The molecule has 0 saturated carbocycles. The predicted octanol–water partition coefficient (Wildman–Crippen LogP) is 3.07. The van der Waals surface area contributed by atoms with Crippen LogP contribution >= 0.6 is 0 Å². The average molecular weight is 332 g/mol. The molecule has 0 spiro atoms. The molecule has 1 rings (SSSR count). The lowest BCUT2D eigenvalue weighted by molar-refractivity contribution is -0.144. The largest absolute Gasteiger partial charge is 0.494 e. The van der Waals surface area contributed by atoms with Gasteiger partial charge in [-0.2, -0.15) is 5.26 Å². The van der Waals surface area contributed by atoms with Gasteiger partial charge in [0.05, 0.1) is 25.7 Å². The van der Waals surface area contributed by atoms with Crippen LogP contribution in [0, 0.1) is 11.3 Å². The monoisotopic (exact) mass is 332 g/mol. The van der Waals surface area contributed by atoms with Gasteiger partial charge in [-0.1, -0.05) is 13.3 Å². The highest BCUT2D eigenvalue weighted by atomic mass is 16.5. The second kappa shape index (κ2) is 11.1. The molecule has 130 valence electrons. The Kier molecular flexibility index (Phi) is 8.98. The Morgan fingerprint density at radius 2 is 1.88 bits per heavy atom. The summed E-state index contributed by atoms with van der Waals surface area (Å²) in [5.74, 6) is 0.0229. The molecule has 24 heavy (non-hydrogen) atoms. The number of carbonyl (C=O) groups excluding carboxylic acids is 2. The third-order valence-corrected chi connectivity index (χ3v) is 3.29. The fourth-order valence-electron chi connectivity index (χ4n) is 2.03. The Morgan fingerprint density at radius 3 is 2.46 bits per heavy atom. The molecule has 0 radical (unpaired) electrons. The summed E-state index contributed by atoms with van der Waals surface area (Å²) in [5.41, 5.74) is 0.605. The zero-order valence-electron chi connectivity index (χ0n) is 14.3. The summed E-state index contributed by atoms with van der Waals surface area (Å²) >= 11 is 0. The van der Waals surface area contributed by atoms with Gasteiger partial charge in [-0.05, 0) is 37.6 Å². The number of nitrogens with zero attached hydrogens (tertiary/aromatic N) is 2. The van der Waals surface area contributed by atoms with Crippen molar-refractivity contribution in [2.75, 3.05) is 24.7 Å². The van der Waals surface area contributed by atoms with Gasteiger partial charge in [-0.3, -0.25) is 14.5 Å². The first-order chi connectivity index (χ1) is 11.6. The third-order valence-electron chi connectivity index (χ3n) is 3.29. The topological polar surface area (TPSA) is 79.6 Å². The number of esters is 1. The van der Waals surface area contributed by atoms with E-state index in [-0.39, 0.29) is 31.9 Å². The lowest BCUT2D eigenvalue weighted by atomic mass is 10.2. The van der Waals surface area contributed by atoms with Crippen LogP contribution in [0.1, 0.15) is 39.5 Å². The molecule has 0 N–H and O–H groups in total. The van der Waals surface area contributed by atoms with Crippen molar-refractivity contribution in [3.05, 3.63) is 24.3 Å². The van der Waals surface area contributed by atoms with Gasteiger partial charge in [0, 0.05) is 12.1 Å². The Bertz CT molecular complexity index is 563. The minimum Gasteiger partial charge on any atom is -0.494 e. The van der Waals surface area contributed by atoms with E-state index in [1.54, 1.807) is 31.2 Å². The predicted molar refractivity (Wildman–Crippen MR) is 90.7 cm³/mol. The van der Waals surface area contributed by atoms with E-state index in [1.807, 2.05) is 6.07 Å². The number of amides is 1. The number of hydrogen-bond donors (Lipinski definition) is 0. The maximum Gasteiger partial charge on any atom is 0.306 e. The molecule has 1 aromatic carbocycles. The molecule has 6 nitrogen and oxygen atoms in total. The number of nitriles is 1. The summed E-state index contributed by atoms with van der Waals surface area (Å²) in [6.07, 6.45) is 2.06. The first kappa shape index (κ1) is 19.5. The first-order valence-corrected chi connectivity index (χ1v) is 8.18. The summed E-state index contributed by atoms with van der Waals surface area (Å²) in [6, 6.07) is 8.99. The molecule has 0 unspecified atom stereocenters. The van der Waals surface area contributed by atoms with Crippen LogP contribution in [0.25, 0.3) is 0 Å². The van der Waals surface area contributed by atoms with Crippen LogP contribution in [-0.4, -0.2) is 31.6 Å². The lowest BCUT2D eigenvalue weighted by Gasteiger charge is -2.20. The normalized spacial score (nSPS) is 9.88. The molecule has 0 aromatic heterocycles. The number of benzene rings is 1. The summed E-state index contributed by atoms with van der Waals surface area (Å²) in [5, 5.41) is 8.95. The lowest BCUT2D eigenvalue weighted by Crippen LogP contribution is -2.31. The van der Waals surface area contributed by atoms with Crippen LogP contribution in [0.4, 0.5) is 5.69 Å². The van der Waals surface area contributed by atoms with Crippen LogP contribution < -0.4 is 9.64 Å². The highest BCUT2D eigenvalue weighted by Gasteiger charge is 2.17. The van der Waals surface area contributed by atoms with Crippen molar-refractivity contribution in [1.29, 1.82) is 5.26 Å². The summed E-state index contributed by atoms with van der Waals surface area (Å²) in [7, 11) is 0. The van der Waals surface area contributed by atoms with Gasteiger partial charge in [0.1, 0.15) is 12.3 Å². The van der Waals surface area contributed by atoms with E-state index in [1.165, 1.54) is 4.90 Å². The molecular weight excluding hydrogens is 308 g/mol. The molecule has 1 amide bonds. The summed E-state index contributed by atoms with van der Waals surface area (Å²) in [6.45, 7) is 4.67. The van der Waals surface area contributed by atoms with Crippen molar-refractivity contribution in [2.24, 2.45) is 0 Å². The van der Waals surface area contributed by atoms with Crippen LogP contribution in [0.2, 0.25) is 0 Å². The van der Waals surface area contributed by atoms with E-state index in [4.69, 9.17) is 14.7 Å². The maximum atomic E-state index is 12.3. The fourth-order valence-corrected chi connectivity index (χ4v) is 2.03. The SMILES string of the molecule is CCCCOc1ccc(N(CC#N)C(=O)CCC(=O)OCC)cc1. The van der Waals surface area contributed by atoms with Gasteiger partial charge in [-0.25, -0.2) is 0 Å². The third kappa shape index (κ3) is 6.69. The van der Waals surface area contributed by atoms with Gasteiger partial charge < -0.3 is 9.47 Å². The van der Waals surface area contributed by atoms with E-state index in [2.05, 4.69) is 6.92 Å². The molecule has 0 saturated heterocycles. The molecule has 0 fully saturated rings. The van der Waals surface area contributed by atoms with Crippen molar-refractivity contribution in [2.45, 2.75) is 39.5 Å². The van der Waals surface area contributed by atoms with Gasteiger partial charge in [0.15, 0.2) is 0 Å². The maximum absolute atomic E-state index is 12.3. The average Bonchev–Trinajstić information content (AvgIpc) is 2.59. The second-order valence-corrected chi connectivity index (χ2v) is 5.14. The quantitative estimate of drug-likeness (QED) is 0.374. The van der Waals surface area contributed by atoms with Gasteiger partial charge in [0.25, 0.3) is 0 Å². The Hall–Kier alpha value is -2.55. The second-order valence-electron chi connectivity index (χ2n) is 5.14. The van der Waals surface area contributed by atoms with Crippen molar-refractivity contribution in [1.82, 2.24) is 0 Å². The molecule has 0 aliphatic rings. The number of ether oxygens (including phenoxy) is 2. The molecule has 0 heterocycles. The van der Waals surface area contributed by atoms with Crippen molar-refractivity contribution in [3.8, 4) is 11.8 Å². The minimum atomic E-state index is -0.414. The first-order valence-electron chi connectivity index (χ1n) is 8.18. The Balaban J connectivity index is 2.68. The van der Waals surface area contributed by atoms with Gasteiger partial charge in [-0.15, -0.1) is 0 Å². The highest BCUT2D eigenvalue weighted by Crippen LogP contribution is 2.20. The van der Waals surface area contributed by atoms with Crippen molar-refractivity contribution in [3.63, 3.8) is 0 Å². The summed E-state index contributed by atoms with van der Waals surface area (Å²) in [4.78, 5) is 25.0. The fraction of sp³-hybridized carbons (Fsp3) is 0.500. The van der Waals surface area contributed by atoms with E-state index >= 15 is 0 Å². The Morgan fingerprint density at radius 1 is 1.17 bits per heavy atom. The molecule has 0 bridgehead atoms. The zero-order valence-corrected chi connectivity index (χ0v) is 14.3. The van der Waals surface area contributed by atoms with Crippen LogP contribution in [0.5, 0.6) is 5.75 Å². The van der Waals surface area contributed by atoms with Crippen LogP contribution in [-0.2, 0) is 14.3 Å². The molecule has 0 aliphatic heterocycles. The van der Waals surface area contributed by atoms with Gasteiger partial charge >= 0.3 is 5.97 Å². The summed E-state index contributed by atoms with van der Waals surface area (Å²) < 4.78 is 10.4. The molecule has 6 heteroatoms. The zero-order chi connectivity index (χ0) is 17.8. The van der Waals surface area contributed by atoms with Crippen molar-refractivity contribution >= 4 is 17.6 Å². The number of anilines is 1. The molecule has 0 atom stereocenters. The van der Waals surface area contributed by atoms with Crippen molar-refractivity contribution < 1.29 is 19.1 Å². The van der Waals surface area contributed by atoms with E-state index in [0.29, 0.717) is 12.3 Å². The highest BCUT2D eigenvalue weighted by molar-refractivity contribution is 5.95. The molecular formula is C18H24N2O4. The standard InChI is InChI=1S/C18H24N2O4/c1-3-5-14-24-16-8-6-15(7-9-16)20(13-12-19)17(21)10-11-18(22)23-4-2/h6-9H,3-5,10-11,13-14H2,1-2H3. The van der Waals surface area contributed by atoms with E-state index < -0.39 is 5.97 Å². The molecule has 1 aromatic rings. The number of hydrogen-bond acceptors (Lipinski definition) is 5. The van der Waals surface area contributed by atoms with E-state index in [9.17, 15) is 9.59 Å². The van der Waals surface area contributed by atoms with Crippen LogP contribution in [0.3, 0.4) is 0 Å². The Labute approximate surface area is 143 Å². The van der Waals surface area contributed by atoms with Crippen LogP contribution in [0.15, 0.2) is 24.3 Å². The van der Waals surface area contributed by atoms with Gasteiger partial charge in [0.2, 0.25) is 5.91 Å². The number of rotatable bonds is 10. The smallest absolute Gasteiger partial charge is 0.306 e. The molecule has 0 aliphatic carbocycles. The van der Waals surface area contributed by atoms with E-state index in [0.717, 1.165) is 18.6 Å². The minimum absolute atomic E-state index is 0.00676.